The van der Waals surface area contributed by atoms with E-state index in [0.717, 1.165) is 46.7 Å². The molecule has 4 nitrogen and oxygen atoms in total. The fourth-order valence-corrected chi connectivity index (χ4v) is 4.97. The summed E-state index contributed by atoms with van der Waals surface area (Å²) < 4.78 is 5.73. The SMILES string of the molecule is CCOc1ccc(/C=C2/SC(=O)N(CC3CCCCC3)C2=O)c2ccccc12. The lowest BCUT2D eigenvalue weighted by Gasteiger charge is -2.25. The molecule has 0 aromatic heterocycles. The lowest BCUT2D eigenvalue weighted by Crippen LogP contribution is -2.34. The first kappa shape index (κ1) is 19.1. The molecule has 1 aliphatic heterocycles. The summed E-state index contributed by atoms with van der Waals surface area (Å²) in [5, 5.41) is 1.89. The number of amides is 2. The van der Waals surface area contributed by atoms with Gasteiger partial charge in [0.1, 0.15) is 5.75 Å². The van der Waals surface area contributed by atoms with Crippen LogP contribution in [0, 0.1) is 5.92 Å². The Bertz CT molecular complexity index is 931. The van der Waals surface area contributed by atoms with Gasteiger partial charge in [-0.25, -0.2) is 0 Å². The third-order valence-corrected chi connectivity index (χ3v) is 6.45. The molecular weight excluding hydrogens is 370 g/mol. The van der Waals surface area contributed by atoms with Crippen molar-refractivity contribution in [3.05, 3.63) is 46.9 Å². The third-order valence-electron chi connectivity index (χ3n) is 5.54. The maximum atomic E-state index is 12.9. The molecule has 4 rings (SSSR count). The Hall–Kier alpha value is -2.27. The number of carbonyl (C=O) groups is 2. The van der Waals surface area contributed by atoms with E-state index < -0.39 is 0 Å². The van der Waals surface area contributed by atoms with E-state index >= 15 is 0 Å². The number of rotatable bonds is 5. The maximum Gasteiger partial charge on any atom is 0.293 e. The number of hydrogen-bond acceptors (Lipinski definition) is 4. The number of imide groups is 1. The van der Waals surface area contributed by atoms with Crippen LogP contribution in [-0.2, 0) is 4.79 Å². The van der Waals surface area contributed by atoms with Gasteiger partial charge in [-0.1, -0.05) is 49.6 Å². The molecule has 2 aromatic carbocycles. The van der Waals surface area contributed by atoms with Gasteiger partial charge in [0.15, 0.2) is 0 Å². The molecular formula is C23H25NO3S. The van der Waals surface area contributed by atoms with Gasteiger partial charge in [-0.2, -0.15) is 0 Å². The van der Waals surface area contributed by atoms with Gasteiger partial charge in [-0.3, -0.25) is 14.5 Å². The first-order chi connectivity index (χ1) is 13.7. The Morgan fingerprint density at radius 3 is 2.57 bits per heavy atom. The van der Waals surface area contributed by atoms with Gasteiger partial charge in [-0.15, -0.1) is 0 Å². The molecule has 0 atom stereocenters. The Morgan fingerprint density at radius 2 is 1.82 bits per heavy atom. The lowest BCUT2D eigenvalue weighted by atomic mass is 9.89. The van der Waals surface area contributed by atoms with Gasteiger partial charge in [-0.05, 0) is 60.5 Å². The second-order valence-electron chi connectivity index (χ2n) is 7.43. The maximum absolute atomic E-state index is 12.9. The van der Waals surface area contributed by atoms with E-state index in [1.807, 2.05) is 49.4 Å². The molecule has 0 radical (unpaired) electrons. The average Bonchev–Trinajstić information content (AvgIpc) is 2.98. The van der Waals surface area contributed by atoms with E-state index in [-0.39, 0.29) is 11.1 Å². The molecule has 2 amide bonds. The fraction of sp³-hybridized carbons (Fsp3) is 0.391. The molecule has 28 heavy (non-hydrogen) atoms. The van der Waals surface area contributed by atoms with Crippen molar-refractivity contribution in [1.29, 1.82) is 0 Å². The van der Waals surface area contributed by atoms with Crippen molar-refractivity contribution in [2.24, 2.45) is 5.92 Å². The fourth-order valence-electron chi connectivity index (χ4n) is 4.13. The van der Waals surface area contributed by atoms with E-state index in [1.165, 1.54) is 24.2 Å². The molecule has 0 spiro atoms. The summed E-state index contributed by atoms with van der Waals surface area (Å²) >= 11 is 1.06. The zero-order valence-electron chi connectivity index (χ0n) is 16.1. The van der Waals surface area contributed by atoms with Crippen LogP contribution >= 0.6 is 11.8 Å². The van der Waals surface area contributed by atoms with Gasteiger partial charge in [0.2, 0.25) is 0 Å². The van der Waals surface area contributed by atoms with E-state index in [0.29, 0.717) is 24.0 Å². The van der Waals surface area contributed by atoms with Gasteiger partial charge in [0.25, 0.3) is 11.1 Å². The van der Waals surface area contributed by atoms with Crippen LogP contribution in [0.3, 0.4) is 0 Å². The third kappa shape index (κ3) is 3.81. The van der Waals surface area contributed by atoms with Gasteiger partial charge >= 0.3 is 0 Å². The highest BCUT2D eigenvalue weighted by atomic mass is 32.2. The lowest BCUT2D eigenvalue weighted by molar-refractivity contribution is -0.123. The zero-order chi connectivity index (χ0) is 19.5. The number of fused-ring (bicyclic) bond motifs is 1. The number of nitrogens with zero attached hydrogens (tertiary/aromatic N) is 1. The highest BCUT2D eigenvalue weighted by Crippen LogP contribution is 2.37. The van der Waals surface area contributed by atoms with Crippen LogP contribution in [0.15, 0.2) is 41.3 Å². The van der Waals surface area contributed by atoms with Crippen molar-refractivity contribution in [2.75, 3.05) is 13.2 Å². The van der Waals surface area contributed by atoms with Crippen molar-refractivity contribution >= 4 is 39.8 Å². The topological polar surface area (TPSA) is 46.6 Å². The highest BCUT2D eigenvalue weighted by molar-refractivity contribution is 8.18. The molecule has 2 aliphatic rings. The quantitative estimate of drug-likeness (QED) is 0.595. The Morgan fingerprint density at radius 1 is 1.07 bits per heavy atom. The summed E-state index contributed by atoms with van der Waals surface area (Å²) in [6, 6.07) is 11.9. The molecule has 0 bridgehead atoms. The van der Waals surface area contributed by atoms with Gasteiger partial charge in [0.05, 0.1) is 11.5 Å². The second kappa shape index (κ2) is 8.39. The number of ether oxygens (including phenoxy) is 1. The van der Waals surface area contributed by atoms with Crippen molar-refractivity contribution in [3.8, 4) is 5.75 Å². The summed E-state index contributed by atoms with van der Waals surface area (Å²) in [6.07, 6.45) is 7.76. The van der Waals surface area contributed by atoms with E-state index in [1.54, 1.807) is 0 Å². The van der Waals surface area contributed by atoms with Gasteiger partial charge < -0.3 is 4.74 Å². The molecule has 1 saturated heterocycles. The van der Waals surface area contributed by atoms with Crippen molar-refractivity contribution < 1.29 is 14.3 Å². The summed E-state index contributed by atoms with van der Waals surface area (Å²) in [7, 11) is 0. The Balaban J connectivity index is 1.61. The predicted octanol–water partition coefficient (Wildman–Crippen LogP) is 5.86. The number of hydrogen-bond donors (Lipinski definition) is 0. The monoisotopic (exact) mass is 395 g/mol. The molecule has 2 fully saturated rings. The van der Waals surface area contributed by atoms with Crippen molar-refractivity contribution in [2.45, 2.75) is 39.0 Å². The van der Waals surface area contributed by atoms with Crippen LogP contribution in [0.25, 0.3) is 16.8 Å². The van der Waals surface area contributed by atoms with Crippen LogP contribution < -0.4 is 4.74 Å². The van der Waals surface area contributed by atoms with Crippen molar-refractivity contribution in [1.82, 2.24) is 4.90 Å². The number of benzene rings is 2. The summed E-state index contributed by atoms with van der Waals surface area (Å²) in [6.45, 7) is 3.13. The molecule has 0 unspecified atom stereocenters. The highest BCUT2D eigenvalue weighted by Gasteiger charge is 2.36. The minimum absolute atomic E-state index is 0.142. The van der Waals surface area contributed by atoms with E-state index in [2.05, 4.69) is 0 Å². The van der Waals surface area contributed by atoms with Crippen LogP contribution in [0.1, 0.15) is 44.6 Å². The van der Waals surface area contributed by atoms with Crippen LogP contribution in [0.4, 0.5) is 4.79 Å². The summed E-state index contributed by atoms with van der Waals surface area (Å²) in [5.74, 6) is 1.13. The summed E-state index contributed by atoms with van der Waals surface area (Å²) in [5.41, 5.74) is 0.933. The van der Waals surface area contributed by atoms with Crippen LogP contribution in [0.5, 0.6) is 5.75 Å². The minimum atomic E-state index is -0.154. The molecule has 146 valence electrons. The van der Waals surface area contributed by atoms with Crippen molar-refractivity contribution in [3.63, 3.8) is 0 Å². The molecule has 5 heteroatoms. The molecule has 1 aliphatic carbocycles. The standard InChI is InChI=1S/C23H25NO3S/c1-2-27-20-13-12-17(18-10-6-7-11-19(18)20)14-21-22(25)24(23(26)28-21)15-16-8-4-3-5-9-16/h6-7,10-14,16H,2-5,8-9,15H2,1H3/b21-14+. The normalized spacial score (nSPS) is 19.8. The predicted molar refractivity (Wildman–Crippen MR) is 114 cm³/mol. The minimum Gasteiger partial charge on any atom is -0.493 e. The molecule has 0 N–H and O–H groups in total. The zero-order valence-corrected chi connectivity index (χ0v) is 17.0. The van der Waals surface area contributed by atoms with E-state index in [9.17, 15) is 9.59 Å². The van der Waals surface area contributed by atoms with E-state index in [4.69, 9.17) is 4.74 Å². The number of thioether (sulfide) groups is 1. The van der Waals surface area contributed by atoms with Crippen LogP contribution in [-0.4, -0.2) is 29.2 Å². The first-order valence-corrected chi connectivity index (χ1v) is 10.9. The Labute approximate surface area is 169 Å². The Kier molecular flexibility index (Phi) is 5.72. The molecule has 1 saturated carbocycles. The first-order valence-electron chi connectivity index (χ1n) is 10.1. The summed E-state index contributed by atoms with van der Waals surface area (Å²) in [4.78, 5) is 27.3. The molecule has 2 aromatic rings. The average molecular weight is 396 g/mol. The smallest absolute Gasteiger partial charge is 0.293 e. The second-order valence-corrected chi connectivity index (χ2v) is 8.42. The number of carbonyl (C=O) groups excluding carboxylic acids is 2. The van der Waals surface area contributed by atoms with Crippen LogP contribution in [0.2, 0.25) is 0 Å². The van der Waals surface area contributed by atoms with Gasteiger partial charge in [0, 0.05) is 11.9 Å². The largest absolute Gasteiger partial charge is 0.493 e. The molecule has 1 heterocycles.